The Hall–Kier alpha value is -0.900. The first-order valence-electron chi connectivity index (χ1n) is 7.92. The molecule has 4 heteroatoms. The van der Waals surface area contributed by atoms with E-state index < -0.39 is 0 Å². The highest BCUT2D eigenvalue weighted by atomic mass is 79.9. The lowest BCUT2D eigenvalue weighted by atomic mass is 9.48. The summed E-state index contributed by atoms with van der Waals surface area (Å²) < 4.78 is 1.90. The summed E-state index contributed by atoms with van der Waals surface area (Å²) in [5.41, 5.74) is 5.96. The lowest BCUT2D eigenvalue weighted by Gasteiger charge is -2.55. The maximum atomic E-state index is 12.9. The third-order valence-electron chi connectivity index (χ3n) is 5.92. The third kappa shape index (κ3) is 2.52. The molecular formula is C17H23BrN2O. The van der Waals surface area contributed by atoms with Crippen LogP contribution in [0.2, 0.25) is 0 Å². The van der Waals surface area contributed by atoms with Gasteiger partial charge in [-0.2, -0.15) is 0 Å². The first-order chi connectivity index (χ1) is 9.64. The molecule has 1 aromatic heterocycles. The molecule has 2 N–H and O–H groups in total. The van der Waals surface area contributed by atoms with E-state index in [4.69, 9.17) is 5.73 Å². The van der Waals surface area contributed by atoms with Crippen LogP contribution in [0.1, 0.15) is 38.5 Å². The highest BCUT2D eigenvalue weighted by Crippen LogP contribution is 2.60. The lowest BCUT2D eigenvalue weighted by Crippen LogP contribution is -3.00. The predicted octanol–water partition coefficient (Wildman–Crippen LogP) is -0.654. The van der Waals surface area contributed by atoms with E-state index in [1.807, 2.05) is 29.0 Å². The number of aromatic nitrogens is 1. The largest absolute Gasteiger partial charge is 1.00 e. The summed E-state index contributed by atoms with van der Waals surface area (Å²) in [7, 11) is 0. The van der Waals surface area contributed by atoms with E-state index in [2.05, 4.69) is 0 Å². The van der Waals surface area contributed by atoms with Crippen LogP contribution in [-0.2, 0) is 11.3 Å². The number of nitrogens with two attached hydrogens (primary N) is 1. The van der Waals surface area contributed by atoms with E-state index in [9.17, 15) is 4.79 Å². The second-order valence-corrected chi connectivity index (χ2v) is 7.37. The van der Waals surface area contributed by atoms with Gasteiger partial charge in [-0.3, -0.25) is 10.5 Å². The number of anilines is 1. The van der Waals surface area contributed by atoms with Gasteiger partial charge in [0, 0.05) is 11.5 Å². The average Bonchev–Trinajstić information content (AvgIpc) is 2.40. The zero-order chi connectivity index (χ0) is 13.7. The van der Waals surface area contributed by atoms with Crippen LogP contribution in [0.15, 0.2) is 24.4 Å². The van der Waals surface area contributed by atoms with Crippen LogP contribution >= 0.6 is 0 Å². The van der Waals surface area contributed by atoms with Gasteiger partial charge < -0.3 is 17.0 Å². The summed E-state index contributed by atoms with van der Waals surface area (Å²) >= 11 is 0. The molecule has 0 spiro atoms. The van der Waals surface area contributed by atoms with Crippen LogP contribution < -0.4 is 27.3 Å². The van der Waals surface area contributed by atoms with Crippen molar-refractivity contribution in [2.75, 3.05) is 5.73 Å². The number of nitrogens with zero attached hydrogens (tertiary/aromatic N) is 1. The number of pyridine rings is 1. The van der Waals surface area contributed by atoms with E-state index in [1.54, 1.807) is 0 Å². The third-order valence-corrected chi connectivity index (χ3v) is 5.92. The Balaban J connectivity index is 0.00000132. The van der Waals surface area contributed by atoms with Crippen molar-refractivity contribution >= 4 is 11.6 Å². The molecule has 0 amide bonds. The van der Waals surface area contributed by atoms with Crippen LogP contribution in [0.5, 0.6) is 0 Å². The molecule has 0 atom stereocenters. The van der Waals surface area contributed by atoms with E-state index >= 15 is 0 Å². The van der Waals surface area contributed by atoms with E-state index in [0.717, 1.165) is 37.0 Å². The van der Waals surface area contributed by atoms with Crippen molar-refractivity contribution < 1.29 is 26.3 Å². The summed E-state index contributed by atoms with van der Waals surface area (Å²) in [5.74, 6) is 3.58. The summed E-state index contributed by atoms with van der Waals surface area (Å²) in [5, 5.41) is 0. The Morgan fingerprint density at radius 2 is 1.71 bits per heavy atom. The lowest BCUT2D eigenvalue weighted by molar-refractivity contribution is -0.670. The molecule has 0 saturated heterocycles. The number of halogens is 1. The van der Waals surface area contributed by atoms with E-state index in [0.29, 0.717) is 18.1 Å². The van der Waals surface area contributed by atoms with Crippen molar-refractivity contribution in [1.82, 2.24) is 0 Å². The van der Waals surface area contributed by atoms with Crippen molar-refractivity contribution in [3.05, 3.63) is 24.4 Å². The summed E-state index contributed by atoms with van der Waals surface area (Å²) in [4.78, 5) is 12.9. The fraction of sp³-hybridized carbons (Fsp3) is 0.647. The molecule has 0 aliphatic heterocycles. The predicted molar refractivity (Wildman–Crippen MR) is 76.7 cm³/mol. The maximum absolute atomic E-state index is 12.9. The van der Waals surface area contributed by atoms with Crippen molar-refractivity contribution in [2.24, 2.45) is 23.2 Å². The number of ketones is 1. The number of hydrogen-bond acceptors (Lipinski definition) is 2. The van der Waals surface area contributed by atoms with Gasteiger partial charge in [0.25, 0.3) is 5.82 Å². The number of carbonyl (C=O) groups is 1. The monoisotopic (exact) mass is 350 g/mol. The second kappa shape index (κ2) is 5.38. The molecular weight excluding hydrogens is 328 g/mol. The molecule has 0 unspecified atom stereocenters. The second-order valence-electron chi connectivity index (χ2n) is 7.37. The number of nitrogen functional groups attached to an aromatic ring is 1. The average molecular weight is 351 g/mol. The number of hydrogen-bond donors (Lipinski definition) is 1. The Bertz CT molecular complexity index is 522. The normalized spacial score (nSPS) is 36.3. The molecule has 4 saturated carbocycles. The molecule has 4 aliphatic rings. The molecule has 0 radical (unpaired) electrons. The summed E-state index contributed by atoms with van der Waals surface area (Å²) in [6, 6.07) is 5.73. The van der Waals surface area contributed by atoms with Gasteiger partial charge in [-0.05, 0) is 62.3 Å². The Labute approximate surface area is 136 Å². The summed E-state index contributed by atoms with van der Waals surface area (Å²) in [6.07, 6.45) is 9.50. The van der Waals surface area contributed by atoms with Crippen molar-refractivity contribution in [3.8, 4) is 0 Å². The van der Waals surface area contributed by atoms with Gasteiger partial charge >= 0.3 is 0 Å². The Morgan fingerprint density at radius 3 is 2.24 bits per heavy atom. The van der Waals surface area contributed by atoms with Gasteiger partial charge in [-0.25, -0.2) is 4.57 Å². The van der Waals surface area contributed by atoms with Crippen LogP contribution in [0.4, 0.5) is 5.82 Å². The fourth-order valence-corrected chi connectivity index (χ4v) is 5.41. The molecule has 1 heterocycles. The molecule has 114 valence electrons. The van der Waals surface area contributed by atoms with E-state index in [1.165, 1.54) is 19.3 Å². The van der Waals surface area contributed by atoms with Crippen molar-refractivity contribution in [3.63, 3.8) is 0 Å². The minimum absolute atomic E-state index is 0. The molecule has 4 aliphatic carbocycles. The van der Waals surface area contributed by atoms with Gasteiger partial charge in [0.05, 0.1) is 6.20 Å². The van der Waals surface area contributed by atoms with E-state index in [-0.39, 0.29) is 22.4 Å². The first kappa shape index (κ1) is 15.0. The maximum Gasteiger partial charge on any atom is 0.272 e. The van der Waals surface area contributed by atoms with Gasteiger partial charge in [-0.15, -0.1) is 0 Å². The Morgan fingerprint density at radius 1 is 1.14 bits per heavy atom. The number of carbonyl (C=O) groups excluding carboxylic acids is 1. The number of rotatable bonds is 3. The molecule has 3 nitrogen and oxygen atoms in total. The van der Waals surface area contributed by atoms with Crippen LogP contribution in [0, 0.1) is 23.2 Å². The molecule has 0 aromatic carbocycles. The highest BCUT2D eigenvalue weighted by molar-refractivity contribution is 5.84. The minimum atomic E-state index is -0.00989. The number of Topliss-reactive ketones (excluding diaryl/α,β-unsaturated/α-hetero) is 1. The van der Waals surface area contributed by atoms with Gasteiger partial charge in [0.15, 0.2) is 5.78 Å². The topological polar surface area (TPSA) is 47.0 Å². The zero-order valence-corrected chi connectivity index (χ0v) is 13.9. The van der Waals surface area contributed by atoms with Crippen LogP contribution in [0.3, 0.4) is 0 Å². The zero-order valence-electron chi connectivity index (χ0n) is 12.3. The Kier molecular flexibility index (Phi) is 3.85. The fourth-order valence-electron chi connectivity index (χ4n) is 5.41. The van der Waals surface area contributed by atoms with Gasteiger partial charge in [0.1, 0.15) is 6.54 Å². The molecule has 21 heavy (non-hydrogen) atoms. The highest BCUT2D eigenvalue weighted by Gasteiger charge is 2.54. The molecule has 4 fully saturated rings. The quantitative estimate of drug-likeness (QED) is 0.736. The minimum Gasteiger partial charge on any atom is -1.00 e. The van der Waals surface area contributed by atoms with Gasteiger partial charge in [-0.1, -0.05) is 6.07 Å². The van der Waals surface area contributed by atoms with Crippen LogP contribution in [0.25, 0.3) is 0 Å². The molecule has 5 rings (SSSR count). The van der Waals surface area contributed by atoms with Crippen molar-refractivity contribution in [2.45, 2.75) is 45.1 Å². The van der Waals surface area contributed by atoms with Crippen molar-refractivity contribution in [1.29, 1.82) is 0 Å². The molecule has 4 bridgehead atoms. The smallest absolute Gasteiger partial charge is 0.272 e. The molecule has 1 aromatic rings. The summed E-state index contributed by atoms with van der Waals surface area (Å²) in [6.45, 7) is 0.457. The van der Waals surface area contributed by atoms with Gasteiger partial charge in [0.2, 0.25) is 0 Å². The van der Waals surface area contributed by atoms with Crippen LogP contribution in [-0.4, -0.2) is 5.78 Å². The standard InChI is InChI=1S/C17H22N2O.BrH/c18-16-3-1-2-4-19(16)11-15(20)17-8-12-5-13(9-17)7-14(6-12)10-17;/h1-4,12-14,18H,5-11H2;1H. The SMILES string of the molecule is Nc1cccc[n+]1CC(=O)C12CC3CC(CC(C3)C1)C2.[Br-]. The first-order valence-corrected chi connectivity index (χ1v) is 7.92.